The molecular weight excluding hydrogens is 296 g/mol. The van der Waals surface area contributed by atoms with Gasteiger partial charge in [-0.15, -0.1) is 0 Å². The van der Waals surface area contributed by atoms with Crippen molar-refractivity contribution >= 4 is 16.9 Å². The highest BCUT2D eigenvalue weighted by Gasteiger charge is 2.15. The zero-order chi connectivity index (χ0) is 16.6. The Morgan fingerprint density at radius 2 is 2.09 bits per heavy atom. The summed E-state index contributed by atoms with van der Waals surface area (Å²) in [6, 6.07) is 6.90. The predicted octanol–water partition coefficient (Wildman–Crippen LogP) is 2.50. The quantitative estimate of drug-likeness (QED) is 0.549. The third kappa shape index (κ3) is 2.88. The summed E-state index contributed by atoms with van der Waals surface area (Å²) in [5.74, 6) is -0.468. The lowest BCUT2D eigenvalue weighted by Gasteiger charge is -2.07. The average Bonchev–Trinajstić information content (AvgIpc) is 2.83. The number of nitrogens with zero attached hydrogens (tertiary/aromatic N) is 2. The van der Waals surface area contributed by atoms with Gasteiger partial charge in [0, 0.05) is 29.8 Å². The molecule has 0 spiro atoms. The Labute approximate surface area is 132 Å². The summed E-state index contributed by atoms with van der Waals surface area (Å²) in [6.45, 7) is 3.70. The maximum Gasteiger partial charge on any atom is 0.341 e. The molecule has 0 fully saturated rings. The number of hydrogen-bond acceptors (Lipinski definition) is 5. The second-order valence-electron chi connectivity index (χ2n) is 5.43. The van der Waals surface area contributed by atoms with E-state index >= 15 is 0 Å². The van der Waals surface area contributed by atoms with Gasteiger partial charge in [-0.3, -0.25) is 4.68 Å². The van der Waals surface area contributed by atoms with E-state index in [0.717, 1.165) is 16.6 Å². The summed E-state index contributed by atoms with van der Waals surface area (Å²) < 4.78 is 12.1. The molecule has 0 aliphatic rings. The highest BCUT2D eigenvalue weighted by atomic mass is 16.5. The maximum atomic E-state index is 12.2. The molecule has 0 aliphatic carbocycles. The van der Waals surface area contributed by atoms with E-state index < -0.39 is 11.6 Å². The highest BCUT2D eigenvalue weighted by molar-refractivity contribution is 5.90. The minimum absolute atomic E-state index is 0.00166. The molecule has 0 N–H and O–H groups in total. The number of aromatic nitrogens is 2. The zero-order valence-corrected chi connectivity index (χ0v) is 13.1. The Hall–Kier alpha value is -2.89. The zero-order valence-electron chi connectivity index (χ0n) is 13.1. The van der Waals surface area contributed by atoms with Gasteiger partial charge in [0.25, 0.3) is 0 Å². The van der Waals surface area contributed by atoms with Gasteiger partial charge in [-0.2, -0.15) is 5.10 Å². The molecule has 0 atom stereocenters. The molecule has 0 saturated carbocycles. The fraction of sp³-hybridized carbons (Fsp3) is 0.235. The first-order valence-corrected chi connectivity index (χ1v) is 7.15. The van der Waals surface area contributed by atoms with Crippen LogP contribution in [0.4, 0.5) is 0 Å². The van der Waals surface area contributed by atoms with Crippen molar-refractivity contribution in [2.75, 3.05) is 0 Å². The number of esters is 1. The largest absolute Gasteiger partial charge is 0.457 e. The second-order valence-corrected chi connectivity index (χ2v) is 5.43. The second kappa shape index (κ2) is 5.72. The van der Waals surface area contributed by atoms with Crippen molar-refractivity contribution in [1.29, 1.82) is 0 Å². The van der Waals surface area contributed by atoms with Crippen LogP contribution >= 0.6 is 0 Å². The van der Waals surface area contributed by atoms with E-state index in [0.29, 0.717) is 16.7 Å². The number of hydrogen-bond donors (Lipinski definition) is 0. The van der Waals surface area contributed by atoms with Crippen LogP contribution in [-0.4, -0.2) is 15.7 Å². The van der Waals surface area contributed by atoms with Gasteiger partial charge in [0.1, 0.15) is 17.8 Å². The minimum Gasteiger partial charge on any atom is -0.457 e. The van der Waals surface area contributed by atoms with Crippen molar-refractivity contribution in [1.82, 2.24) is 9.78 Å². The maximum absolute atomic E-state index is 12.2. The van der Waals surface area contributed by atoms with Gasteiger partial charge >= 0.3 is 11.6 Å². The molecular formula is C17H16N2O4. The number of rotatable bonds is 3. The Bertz CT molecular complexity index is 953. The van der Waals surface area contributed by atoms with Gasteiger partial charge in [0.05, 0.1) is 6.20 Å². The van der Waals surface area contributed by atoms with Crippen molar-refractivity contribution < 1.29 is 13.9 Å². The van der Waals surface area contributed by atoms with Crippen molar-refractivity contribution in [3.05, 3.63) is 63.3 Å². The highest BCUT2D eigenvalue weighted by Crippen LogP contribution is 2.20. The lowest BCUT2D eigenvalue weighted by molar-refractivity contribution is 0.0473. The summed E-state index contributed by atoms with van der Waals surface area (Å²) in [5, 5.41) is 4.77. The van der Waals surface area contributed by atoms with Crippen LogP contribution < -0.4 is 5.63 Å². The van der Waals surface area contributed by atoms with Gasteiger partial charge in [0.2, 0.25) is 0 Å². The van der Waals surface area contributed by atoms with Crippen LogP contribution in [0.5, 0.6) is 0 Å². The number of fused-ring (bicyclic) bond motifs is 1. The molecule has 2 heterocycles. The monoisotopic (exact) mass is 312 g/mol. The third-order valence-electron chi connectivity index (χ3n) is 3.80. The van der Waals surface area contributed by atoms with Crippen LogP contribution in [0.25, 0.3) is 11.0 Å². The number of aryl methyl sites for hydroxylation is 2. The van der Waals surface area contributed by atoms with E-state index in [1.165, 1.54) is 12.3 Å². The van der Waals surface area contributed by atoms with E-state index in [2.05, 4.69) is 5.10 Å². The van der Waals surface area contributed by atoms with E-state index in [4.69, 9.17) is 9.15 Å². The Morgan fingerprint density at radius 1 is 1.30 bits per heavy atom. The van der Waals surface area contributed by atoms with Crippen LogP contribution in [0, 0.1) is 13.8 Å². The third-order valence-corrected chi connectivity index (χ3v) is 3.80. The van der Waals surface area contributed by atoms with Crippen molar-refractivity contribution in [3.8, 4) is 0 Å². The van der Waals surface area contributed by atoms with Crippen LogP contribution in [0.1, 0.15) is 27.2 Å². The fourth-order valence-electron chi connectivity index (χ4n) is 2.38. The molecule has 2 aromatic heterocycles. The summed E-state index contributed by atoms with van der Waals surface area (Å²) in [7, 11) is 1.75. The Kier molecular flexibility index (Phi) is 3.73. The van der Waals surface area contributed by atoms with E-state index in [-0.39, 0.29) is 6.61 Å². The summed E-state index contributed by atoms with van der Waals surface area (Å²) >= 11 is 0. The van der Waals surface area contributed by atoms with Crippen molar-refractivity contribution in [3.63, 3.8) is 0 Å². The van der Waals surface area contributed by atoms with E-state index in [9.17, 15) is 9.59 Å². The van der Waals surface area contributed by atoms with Gasteiger partial charge in [-0.05, 0) is 25.5 Å². The molecule has 3 rings (SSSR count). The van der Waals surface area contributed by atoms with Gasteiger partial charge in [-0.25, -0.2) is 9.59 Å². The van der Waals surface area contributed by atoms with Crippen LogP contribution in [0.15, 0.2) is 39.7 Å². The fourth-order valence-corrected chi connectivity index (χ4v) is 2.38. The van der Waals surface area contributed by atoms with E-state index in [1.807, 2.05) is 19.1 Å². The van der Waals surface area contributed by atoms with Gasteiger partial charge in [0.15, 0.2) is 0 Å². The molecule has 0 aliphatic heterocycles. The van der Waals surface area contributed by atoms with Gasteiger partial charge in [-0.1, -0.05) is 12.1 Å². The van der Waals surface area contributed by atoms with Crippen molar-refractivity contribution in [2.24, 2.45) is 7.05 Å². The number of carbonyl (C=O) groups excluding carboxylic acids is 1. The van der Waals surface area contributed by atoms with Gasteiger partial charge < -0.3 is 9.15 Å². The molecule has 1 aromatic carbocycles. The van der Waals surface area contributed by atoms with Crippen LogP contribution in [-0.2, 0) is 18.4 Å². The lowest BCUT2D eigenvalue weighted by Crippen LogP contribution is -2.09. The molecule has 0 saturated heterocycles. The molecule has 6 nitrogen and oxygen atoms in total. The number of carbonyl (C=O) groups is 1. The minimum atomic E-state index is -0.468. The summed E-state index contributed by atoms with van der Waals surface area (Å²) in [4.78, 5) is 23.8. The molecule has 3 aromatic rings. The molecule has 23 heavy (non-hydrogen) atoms. The first-order chi connectivity index (χ1) is 11.0. The molecule has 0 bridgehead atoms. The number of ether oxygens (including phenoxy) is 1. The Morgan fingerprint density at radius 3 is 2.78 bits per heavy atom. The lowest BCUT2D eigenvalue weighted by atomic mass is 10.1. The topological polar surface area (TPSA) is 74.3 Å². The van der Waals surface area contributed by atoms with Crippen molar-refractivity contribution in [2.45, 2.75) is 20.5 Å². The standard InChI is InChI=1S/C17H16N2O4/c1-10-4-5-13-12(7-16(20)23-15(13)6-10)9-22-17(21)14-8-18-19(3)11(14)2/h4-8H,9H2,1-3H3. The Balaban J connectivity index is 1.89. The molecule has 6 heteroatoms. The molecule has 0 unspecified atom stereocenters. The predicted molar refractivity (Wildman–Crippen MR) is 84.3 cm³/mol. The first-order valence-electron chi connectivity index (χ1n) is 7.15. The average molecular weight is 312 g/mol. The van der Waals surface area contributed by atoms with Crippen LogP contribution in [0.3, 0.4) is 0 Å². The normalized spacial score (nSPS) is 10.9. The SMILES string of the molecule is Cc1ccc2c(COC(=O)c3cnn(C)c3C)cc(=O)oc2c1. The summed E-state index contributed by atoms with van der Waals surface area (Å²) in [5.41, 5.74) is 2.76. The summed E-state index contributed by atoms with van der Waals surface area (Å²) in [6.07, 6.45) is 1.47. The van der Waals surface area contributed by atoms with E-state index in [1.54, 1.807) is 24.7 Å². The van der Waals surface area contributed by atoms with Crippen LogP contribution in [0.2, 0.25) is 0 Å². The number of benzene rings is 1. The first kappa shape index (κ1) is 15.0. The molecule has 0 radical (unpaired) electrons. The molecule has 118 valence electrons. The smallest absolute Gasteiger partial charge is 0.341 e. The molecule has 0 amide bonds.